The molecule has 1 aliphatic rings. The first-order valence-corrected chi connectivity index (χ1v) is 8.51. The van der Waals surface area contributed by atoms with Crippen LogP contribution < -0.4 is 15.5 Å². The van der Waals surface area contributed by atoms with Crippen molar-refractivity contribution in [1.29, 1.82) is 0 Å². The molecule has 1 saturated heterocycles. The van der Waals surface area contributed by atoms with Crippen LogP contribution in [0.2, 0.25) is 5.02 Å². The monoisotopic (exact) mass is 357 g/mol. The van der Waals surface area contributed by atoms with E-state index < -0.39 is 0 Å². The van der Waals surface area contributed by atoms with Gasteiger partial charge in [-0.05, 0) is 61.4 Å². The number of carbonyl (C=O) groups is 2. The van der Waals surface area contributed by atoms with Gasteiger partial charge in [-0.3, -0.25) is 4.79 Å². The van der Waals surface area contributed by atoms with E-state index in [-0.39, 0.29) is 18.0 Å². The van der Waals surface area contributed by atoms with Crippen LogP contribution in [-0.2, 0) is 4.79 Å². The average Bonchev–Trinajstić information content (AvgIpc) is 2.92. The third-order valence-electron chi connectivity index (χ3n) is 4.36. The van der Waals surface area contributed by atoms with Crippen molar-refractivity contribution >= 4 is 34.9 Å². The second kappa shape index (κ2) is 7.15. The Hall–Kier alpha value is -2.53. The number of carbonyl (C=O) groups excluding carboxylic acids is 2. The molecule has 130 valence electrons. The number of hydrogen-bond acceptors (Lipinski definition) is 2. The van der Waals surface area contributed by atoms with Crippen LogP contribution in [-0.4, -0.2) is 24.5 Å². The molecule has 0 radical (unpaired) electrons. The van der Waals surface area contributed by atoms with E-state index in [9.17, 15) is 9.59 Å². The second-order valence-corrected chi connectivity index (χ2v) is 6.72. The Morgan fingerprint density at radius 3 is 2.52 bits per heavy atom. The molecule has 1 atom stereocenters. The molecule has 2 aromatic carbocycles. The molecule has 6 heteroatoms. The molecule has 0 aliphatic carbocycles. The Kier molecular flexibility index (Phi) is 4.95. The van der Waals surface area contributed by atoms with Crippen molar-refractivity contribution in [2.24, 2.45) is 0 Å². The zero-order chi connectivity index (χ0) is 18.0. The Balaban J connectivity index is 1.61. The van der Waals surface area contributed by atoms with Crippen molar-refractivity contribution in [1.82, 2.24) is 5.32 Å². The zero-order valence-corrected chi connectivity index (χ0v) is 14.9. The lowest BCUT2D eigenvalue weighted by atomic mass is 10.1. The molecule has 1 aliphatic heterocycles. The maximum Gasteiger partial charge on any atom is 0.319 e. The van der Waals surface area contributed by atoms with Crippen LogP contribution in [0.4, 0.5) is 16.2 Å². The predicted octanol–water partition coefficient (Wildman–Crippen LogP) is 3.88. The minimum absolute atomic E-state index is 0.0139. The Bertz CT molecular complexity index is 805. The van der Waals surface area contributed by atoms with Crippen molar-refractivity contribution in [3.63, 3.8) is 0 Å². The molecule has 2 N–H and O–H groups in total. The van der Waals surface area contributed by atoms with Crippen LogP contribution in [0.15, 0.2) is 42.5 Å². The van der Waals surface area contributed by atoms with E-state index in [1.807, 2.05) is 32.0 Å². The van der Waals surface area contributed by atoms with Gasteiger partial charge in [0.2, 0.25) is 5.91 Å². The highest BCUT2D eigenvalue weighted by atomic mass is 35.5. The molecule has 1 fully saturated rings. The predicted molar refractivity (Wildman–Crippen MR) is 100 cm³/mol. The number of benzene rings is 2. The highest BCUT2D eigenvalue weighted by Gasteiger charge is 2.31. The fourth-order valence-electron chi connectivity index (χ4n) is 2.83. The summed E-state index contributed by atoms with van der Waals surface area (Å²) in [5, 5.41) is 6.20. The number of anilines is 2. The van der Waals surface area contributed by atoms with Crippen molar-refractivity contribution in [2.45, 2.75) is 26.3 Å². The number of rotatable bonds is 3. The number of nitrogens with one attached hydrogen (secondary N) is 2. The maximum absolute atomic E-state index is 12.3. The van der Waals surface area contributed by atoms with Gasteiger partial charge >= 0.3 is 6.03 Å². The van der Waals surface area contributed by atoms with Gasteiger partial charge in [0.05, 0.1) is 6.04 Å². The van der Waals surface area contributed by atoms with Crippen LogP contribution in [0.5, 0.6) is 0 Å². The molecule has 0 unspecified atom stereocenters. The molecule has 0 bridgehead atoms. The van der Waals surface area contributed by atoms with Crippen LogP contribution in [0.25, 0.3) is 0 Å². The largest absolute Gasteiger partial charge is 0.333 e. The summed E-state index contributed by atoms with van der Waals surface area (Å²) in [5.41, 5.74) is 3.85. The van der Waals surface area contributed by atoms with Gasteiger partial charge < -0.3 is 15.5 Å². The Labute approximate surface area is 152 Å². The molecule has 0 saturated carbocycles. The van der Waals surface area contributed by atoms with E-state index >= 15 is 0 Å². The van der Waals surface area contributed by atoms with E-state index in [2.05, 4.69) is 10.6 Å². The van der Waals surface area contributed by atoms with Crippen molar-refractivity contribution in [3.05, 3.63) is 58.6 Å². The van der Waals surface area contributed by atoms with Gasteiger partial charge in [-0.25, -0.2) is 4.79 Å². The molecular formula is C19H20ClN3O2. The lowest BCUT2D eigenvalue weighted by molar-refractivity contribution is -0.117. The Morgan fingerprint density at radius 1 is 1.12 bits per heavy atom. The summed E-state index contributed by atoms with van der Waals surface area (Å²) in [6.45, 7) is 4.53. The third kappa shape index (κ3) is 4.12. The molecule has 25 heavy (non-hydrogen) atoms. The molecule has 5 nitrogen and oxygen atoms in total. The summed E-state index contributed by atoms with van der Waals surface area (Å²) in [5.74, 6) is 0.0139. The topological polar surface area (TPSA) is 61.4 Å². The number of urea groups is 1. The summed E-state index contributed by atoms with van der Waals surface area (Å²) in [7, 11) is 0. The zero-order valence-electron chi connectivity index (χ0n) is 14.2. The lowest BCUT2D eigenvalue weighted by Gasteiger charge is -2.18. The van der Waals surface area contributed by atoms with Crippen LogP contribution >= 0.6 is 11.6 Å². The summed E-state index contributed by atoms with van der Waals surface area (Å²) in [6, 6.07) is 12.3. The highest BCUT2D eigenvalue weighted by Crippen LogP contribution is 2.24. The number of aryl methyl sites for hydroxylation is 2. The fraction of sp³-hybridized carbons (Fsp3) is 0.263. The van der Waals surface area contributed by atoms with Crippen LogP contribution in [0, 0.1) is 13.8 Å². The third-order valence-corrected chi connectivity index (χ3v) is 4.62. The summed E-state index contributed by atoms with van der Waals surface area (Å²) in [4.78, 5) is 26.1. The first kappa shape index (κ1) is 17.3. The Morgan fingerprint density at radius 2 is 1.84 bits per heavy atom. The molecule has 0 aromatic heterocycles. The van der Waals surface area contributed by atoms with E-state index in [4.69, 9.17) is 11.6 Å². The maximum atomic E-state index is 12.3. The first-order valence-electron chi connectivity index (χ1n) is 8.13. The molecular weight excluding hydrogens is 338 g/mol. The number of amides is 3. The average molecular weight is 358 g/mol. The molecule has 3 amide bonds. The van der Waals surface area contributed by atoms with Crippen molar-refractivity contribution in [3.8, 4) is 0 Å². The fourth-order valence-corrected chi connectivity index (χ4v) is 2.96. The van der Waals surface area contributed by atoms with Crippen LogP contribution in [0.1, 0.15) is 17.5 Å². The normalized spacial score (nSPS) is 16.8. The van der Waals surface area contributed by atoms with Gasteiger partial charge in [0.15, 0.2) is 0 Å². The van der Waals surface area contributed by atoms with E-state index in [1.165, 1.54) is 5.56 Å². The quantitative estimate of drug-likeness (QED) is 0.875. The number of nitrogens with zero attached hydrogens (tertiary/aromatic N) is 1. The standard InChI is InChI=1S/C19H20ClN3O2/c1-12-3-8-17(9-13(12)2)23-11-16(10-18(23)24)22-19(25)21-15-6-4-14(20)5-7-15/h3-9,16H,10-11H2,1-2H3,(H2,21,22,25)/t16-/m1/s1. The minimum atomic E-state index is -0.331. The smallest absolute Gasteiger partial charge is 0.319 e. The first-order chi connectivity index (χ1) is 11.9. The summed E-state index contributed by atoms with van der Waals surface area (Å²) >= 11 is 5.83. The second-order valence-electron chi connectivity index (χ2n) is 6.28. The van der Waals surface area contributed by atoms with Crippen molar-refractivity contribution < 1.29 is 9.59 Å². The molecule has 0 spiro atoms. The van der Waals surface area contributed by atoms with Crippen molar-refractivity contribution in [2.75, 3.05) is 16.8 Å². The van der Waals surface area contributed by atoms with Gasteiger partial charge in [-0.1, -0.05) is 17.7 Å². The van der Waals surface area contributed by atoms with E-state index in [1.54, 1.807) is 29.2 Å². The van der Waals surface area contributed by atoms with Gasteiger partial charge in [0.1, 0.15) is 0 Å². The minimum Gasteiger partial charge on any atom is -0.333 e. The van der Waals surface area contributed by atoms with E-state index in [0.717, 1.165) is 11.3 Å². The SMILES string of the molecule is Cc1ccc(N2C[C@H](NC(=O)Nc3ccc(Cl)cc3)CC2=O)cc1C. The summed E-state index contributed by atoms with van der Waals surface area (Å²) < 4.78 is 0. The van der Waals surface area contributed by atoms with E-state index in [0.29, 0.717) is 23.7 Å². The molecule has 3 rings (SSSR count). The highest BCUT2D eigenvalue weighted by molar-refractivity contribution is 6.30. The lowest BCUT2D eigenvalue weighted by Crippen LogP contribution is -2.39. The number of halogens is 1. The van der Waals surface area contributed by atoms with Gasteiger partial charge in [-0.15, -0.1) is 0 Å². The molecule has 1 heterocycles. The van der Waals surface area contributed by atoms with Crippen LogP contribution in [0.3, 0.4) is 0 Å². The molecule has 2 aromatic rings. The summed E-state index contributed by atoms with van der Waals surface area (Å²) in [6.07, 6.45) is 0.293. The van der Waals surface area contributed by atoms with Gasteiger partial charge in [0.25, 0.3) is 0 Å². The van der Waals surface area contributed by atoms with Gasteiger partial charge in [-0.2, -0.15) is 0 Å². The number of hydrogen-bond donors (Lipinski definition) is 2. The van der Waals surface area contributed by atoms with Gasteiger partial charge in [0, 0.05) is 29.4 Å².